The van der Waals surface area contributed by atoms with Crippen LogP contribution in [-0.2, 0) is 4.79 Å². The molecule has 2 rings (SSSR count). The fourth-order valence-electron chi connectivity index (χ4n) is 1.44. The molecule has 2 aromatic rings. The maximum Gasteiger partial charge on any atom is 0.239 e. The predicted molar refractivity (Wildman–Crippen MR) is 66.8 cm³/mol. The molecule has 0 spiro atoms. The Bertz CT molecular complexity index is 495. The average Bonchev–Trinajstić information content (AvgIpc) is 2.70. The van der Waals surface area contributed by atoms with Crippen LogP contribution in [0.25, 0.3) is 10.9 Å². The van der Waals surface area contributed by atoms with Crippen LogP contribution in [0, 0.1) is 0 Å². The Kier molecular flexibility index (Phi) is 3.36. The van der Waals surface area contributed by atoms with Gasteiger partial charge in [-0.1, -0.05) is 12.1 Å². The van der Waals surface area contributed by atoms with Crippen LogP contribution in [0.4, 0.5) is 5.00 Å². The van der Waals surface area contributed by atoms with E-state index in [1.807, 2.05) is 31.2 Å². The zero-order chi connectivity index (χ0) is 11.4. The van der Waals surface area contributed by atoms with Gasteiger partial charge in [0.2, 0.25) is 5.91 Å². The molecule has 0 atom stereocenters. The number of benzene rings is 1. The van der Waals surface area contributed by atoms with E-state index in [1.165, 1.54) is 11.5 Å². The number of amides is 1. The summed E-state index contributed by atoms with van der Waals surface area (Å²) < 4.78 is 4.29. The molecular formula is C11H13N3OS. The first kappa shape index (κ1) is 10.9. The van der Waals surface area contributed by atoms with Gasteiger partial charge in [0.05, 0.1) is 12.1 Å². The van der Waals surface area contributed by atoms with Crippen molar-refractivity contribution in [1.82, 2.24) is 9.69 Å². The molecule has 16 heavy (non-hydrogen) atoms. The van der Waals surface area contributed by atoms with Crippen molar-refractivity contribution in [3.05, 3.63) is 24.3 Å². The highest BCUT2D eigenvalue weighted by molar-refractivity contribution is 7.11. The Morgan fingerprint density at radius 3 is 3.06 bits per heavy atom. The first-order valence-electron chi connectivity index (χ1n) is 5.16. The number of nitrogens with zero attached hydrogens (tertiary/aromatic N) is 1. The molecule has 2 N–H and O–H groups in total. The van der Waals surface area contributed by atoms with Crippen LogP contribution in [0.2, 0.25) is 0 Å². The van der Waals surface area contributed by atoms with Crippen LogP contribution in [0.15, 0.2) is 24.3 Å². The molecule has 0 saturated heterocycles. The molecule has 4 nitrogen and oxygen atoms in total. The summed E-state index contributed by atoms with van der Waals surface area (Å²) in [6.45, 7) is 2.85. The lowest BCUT2D eigenvalue weighted by atomic mass is 10.2. The molecular weight excluding hydrogens is 222 g/mol. The molecule has 1 heterocycles. The SMILES string of the molecule is CCNC(=O)CNc1snc2ccccc12. The monoisotopic (exact) mass is 235 g/mol. The fraction of sp³-hybridized carbons (Fsp3) is 0.273. The lowest BCUT2D eigenvalue weighted by molar-refractivity contribution is -0.119. The van der Waals surface area contributed by atoms with Gasteiger partial charge in [0.1, 0.15) is 5.00 Å². The summed E-state index contributed by atoms with van der Waals surface area (Å²) in [6.07, 6.45) is 0. The highest BCUT2D eigenvalue weighted by atomic mass is 32.1. The highest BCUT2D eigenvalue weighted by Crippen LogP contribution is 2.26. The summed E-state index contributed by atoms with van der Waals surface area (Å²) in [7, 11) is 0. The second kappa shape index (κ2) is 4.94. The number of aromatic nitrogens is 1. The van der Waals surface area contributed by atoms with Crippen LogP contribution in [0.5, 0.6) is 0 Å². The van der Waals surface area contributed by atoms with E-state index in [1.54, 1.807) is 0 Å². The van der Waals surface area contributed by atoms with Gasteiger partial charge in [-0.3, -0.25) is 4.79 Å². The average molecular weight is 235 g/mol. The molecule has 1 aromatic carbocycles. The maximum absolute atomic E-state index is 11.3. The van der Waals surface area contributed by atoms with Crippen molar-refractivity contribution in [3.8, 4) is 0 Å². The predicted octanol–water partition coefficient (Wildman–Crippen LogP) is 1.84. The third-order valence-electron chi connectivity index (χ3n) is 2.17. The van der Waals surface area contributed by atoms with Gasteiger partial charge >= 0.3 is 0 Å². The summed E-state index contributed by atoms with van der Waals surface area (Å²) in [6, 6.07) is 7.88. The quantitative estimate of drug-likeness (QED) is 0.850. The van der Waals surface area contributed by atoms with Crippen LogP contribution in [-0.4, -0.2) is 23.4 Å². The van der Waals surface area contributed by atoms with Crippen LogP contribution < -0.4 is 10.6 Å². The van der Waals surface area contributed by atoms with Gasteiger partial charge in [-0.25, -0.2) is 0 Å². The smallest absolute Gasteiger partial charge is 0.239 e. The largest absolute Gasteiger partial charge is 0.366 e. The summed E-state index contributed by atoms with van der Waals surface area (Å²) in [5.41, 5.74) is 0.964. The third kappa shape index (κ3) is 2.30. The molecule has 5 heteroatoms. The third-order valence-corrected chi connectivity index (χ3v) is 3.00. The van der Waals surface area contributed by atoms with Gasteiger partial charge in [-0.2, -0.15) is 4.37 Å². The van der Waals surface area contributed by atoms with E-state index in [2.05, 4.69) is 15.0 Å². The maximum atomic E-state index is 11.3. The topological polar surface area (TPSA) is 54.0 Å². The highest BCUT2D eigenvalue weighted by Gasteiger charge is 2.06. The summed E-state index contributed by atoms with van der Waals surface area (Å²) in [5.74, 6) is -0.0000175. The molecule has 0 aliphatic carbocycles. The van der Waals surface area contributed by atoms with Crippen molar-refractivity contribution in [1.29, 1.82) is 0 Å². The summed E-state index contributed by atoms with van der Waals surface area (Å²) >= 11 is 1.38. The van der Waals surface area contributed by atoms with E-state index < -0.39 is 0 Å². The minimum atomic E-state index is -0.0000175. The number of nitrogens with one attached hydrogen (secondary N) is 2. The summed E-state index contributed by atoms with van der Waals surface area (Å²) in [4.78, 5) is 11.3. The number of carbonyl (C=O) groups excluding carboxylic acids is 1. The van der Waals surface area contributed by atoms with E-state index in [0.717, 1.165) is 15.9 Å². The van der Waals surface area contributed by atoms with Crippen LogP contribution >= 0.6 is 11.5 Å². The van der Waals surface area contributed by atoms with Crippen LogP contribution in [0.3, 0.4) is 0 Å². The lowest BCUT2D eigenvalue weighted by Gasteiger charge is -2.03. The molecule has 0 unspecified atom stereocenters. The van der Waals surface area contributed by atoms with Gasteiger partial charge in [0.15, 0.2) is 0 Å². The van der Waals surface area contributed by atoms with Crippen molar-refractivity contribution in [3.63, 3.8) is 0 Å². The zero-order valence-corrected chi connectivity index (χ0v) is 9.80. The molecule has 0 aliphatic rings. The molecule has 1 amide bonds. The van der Waals surface area contributed by atoms with Gasteiger partial charge < -0.3 is 10.6 Å². The van der Waals surface area contributed by atoms with Crippen LogP contribution in [0.1, 0.15) is 6.92 Å². The van der Waals surface area contributed by atoms with Crippen molar-refractivity contribution in [2.45, 2.75) is 6.92 Å². The second-order valence-electron chi connectivity index (χ2n) is 3.34. The Labute approximate surface area is 97.8 Å². The molecule has 0 fully saturated rings. The molecule has 84 valence electrons. The number of carbonyl (C=O) groups is 1. The van der Waals surface area contributed by atoms with E-state index in [0.29, 0.717) is 13.1 Å². The molecule has 0 radical (unpaired) electrons. The number of anilines is 1. The Hall–Kier alpha value is -1.62. The van der Waals surface area contributed by atoms with E-state index >= 15 is 0 Å². The Morgan fingerprint density at radius 2 is 2.25 bits per heavy atom. The lowest BCUT2D eigenvalue weighted by Crippen LogP contribution is -2.29. The van der Waals surface area contributed by atoms with E-state index in [-0.39, 0.29) is 5.91 Å². The molecule has 0 bridgehead atoms. The Morgan fingerprint density at radius 1 is 1.44 bits per heavy atom. The number of likely N-dealkylation sites (N-methyl/N-ethyl adjacent to an activating group) is 1. The van der Waals surface area contributed by atoms with Gasteiger partial charge in [-0.15, -0.1) is 0 Å². The van der Waals surface area contributed by atoms with E-state index in [4.69, 9.17) is 0 Å². The zero-order valence-electron chi connectivity index (χ0n) is 8.99. The Balaban J connectivity index is 2.07. The molecule has 1 aromatic heterocycles. The van der Waals surface area contributed by atoms with Gasteiger partial charge in [0, 0.05) is 11.9 Å². The minimum Gasteiger partial charge on any atom is -0.366 e. The first-order valence-corrected chi connectivity index (χ1v) is 5.93. The molecule has 0 aliphatic heterocycles. The second-order valence-corrected chi connectivity index (χ2v) is 4.11. The molecule has 0 saturated carbocycles. The first-order chi connectivity index (χ1) is 7.81. The number of fused-ring (bicyclic) bond motifs is 1. The standard InChI is InChI=1S/C11H13N3OS/c1-2-12-10(15)7-13-11-8-5-3-4-6-9(8)14-16-11/h3-6,13H,2,7H2,1H3,(H,12,15). The number of rotatable bonds is 4. The van der Waals surface area contributed by atoms with Crippen molar-refractivity contribution in [2.75, 3.05) is 18.4 Å². The van der Waals surface area contributed by atoms with Crippen molar-refractivity contribution >= 4 is 33.3 Å². The van der Waals surface area contributed by atoms with Gasteiger partial charge in [-0.05, 0) is 30.6 Å². The van der Waals surface area contributed by atoms with Crippen molar-refractivity contribution < 1.29 is 4.79 Å². The minimum absolute atomic E-state index is 0.0000175. The van der Waals surface area contributed by atoms with E-state index in [9.17, 15) is 4.79 Å². The normalized spacial score (nSPS) is 10.3. The summed E-state index contributed by atoms with van der Waals surface area (Å²) in [5, 5.41) is 7.85. The van der Waals surface area contributed by atoms with Gasteiger partial charge in [0.25, 0.3) is 0 Å². The number of hydrogen-bond acceptors (Lipinski definition) is 4. The van der Waals surface area contributed by atoms with Crippen molar-refractivity contribution in [2.24, 2.45) is 0 Å². The fourth-order valence-corrected chi connectivity index (χ4v) is 2.19. The number of hydrogen-bond donors (Lipinski definition) is 2.